The van der Waals surface area contributed by atoms with Crippen LogP contribution < -0.4 is 0 Å². The summed E-state index contributed by atoms with van der Waals surface area (Å²) in [7, 11) is -3.96. The first kappa shape index (κ1) is 11.9. The van der Waals surface area contributed by atoms with E-state index in [-0.39, 0.29) is 5.92 Å². The van der Waals surface area contributed by atoms with Crippen molar-refractivity contribution in [3.63, 3.8) is 0 Å². The quantitative estimate of drug-likeness (QED) is 0.532. The van der Waals surface area contributed by atoms with E-state index in [0.29, 0.717) is 0 Å². The molecule has 0 aromatic carbocycles. The van der Waals surface area contributed by atoms with Gasteiger partial charge in [0.1, 0.15) is 0 Å². The molecule has 0 aromatic rings. The maximum atomic E-state index is 11.0. The molecule has 0 amide bonds. The summed E-state index contributed by atoms with van der Waals surface area (Å²) in [6.45, 7) is 7.29. The normalized spacial score (nSPS) is 14.6. The zero-order valence-electron chi connectivity index (χ0n) is 7.98. The van der Waals surface area contributed by atoms with Gasteiger partial charge in [-0.1, -0.05) is 25.5 Å². The first-order chi connectivity index (χ1) is 5.25. The van der Waals surface area contributed by atoms with Crippen LogP contribution in [-0.4, -0.2) is 15.4 Å². The van der Waals surface area contributed by atoms with Gasteiger partial charge in [-0.2, -0.15) is 0 Å². The van der Waals surface area contributed by atoms with Crippen LogP contribution in [0.15, 0.2) is 11.6 Å². The lowest BCUT2D eigenvalue weighted by Crippen LogP contribution is -2.13. The standard InChI is InChI=1S/C8H17O3P/c1-6(2)5-8(7(3)4)12(9,10)11/h5,7-8H,1-4H3,(H2,9,10,11). The number of hydrogen-bond acceptors (Lipinski definition) is 1. The summed E-state index contributed by atoms with van der Waals surface area (Å²) in [5.41, 5.74) is 0.305. The Kier molecular flexibility index (Phi) is 4.18. The average molecular weight is 192 g/mol. The molecule has 0 saturated carbocycles. The van der Waals surface area contributed by atoms with Gasteiger partial charge >= 0.3 is 7.60 Å². The summed E-state index contributed by atoms with van der Waals surface area (Å²) in [6, 6.07) is 0. The zero-order valence-corrected chi connectivity index (χ0v) is 8.88. The fourth-order valence-electron chi connectivity index (χ4n) is 1.02. The Hall–Kier alpha value is -0.110. The van der Waals surface area contributed by atoms with Gasteiger partial charge in [0, 0.05) is 0 Å². The molecule has 1 unspecified atom stereocenters. The highest BCUT2D eigenvalue weighted by Crippen LogP contribution is 2.45. The van der Waals surface area contributed by atoms with Crippen molar-refractivity contribution >= 4 is 7.60 Å². The minimum atomic E-state index is -3.96. The summed E-state index contributed by atoms with van der Waals surface area (Å²) in [6.07, 6.45) is 1.64. The monoisotopic (exact) mass is 192 g/mol. The molecule has 0 heterocycles. The van der Waals surface area contributed by atoms with Gasteiger partial charge in [-0.05, 0) is 19.8 Å². The first-order valence-corrected chi connectivity index (χ1v) is 5.63. The minimum Gasteiger partial charge on any atom is -0.324 e. The molecule has 0 spiro atoms. The molecule has 4 heteroatoms. The van der Waals surface area contributed by atoms with Crippen molar-refractivity contribution < 1.29 is 14.4 Å². The van der Waals surface area contributed by atoms with Crippen LogP contribution in [0.5, 0.6) is 0 Å². The topological polar surface area (TPSA) is 57.5 Å². The molecule has 0 aliphatic carbocycles. The highest BCUT2D eigenvalue weighted by Gasteiger charge is 2.29. The van der Waals surface area contributed by atoms with Gasteiger partial charge in [-0.15, -0.1) is 0 Å². The minimum absolute atomic E-state index is 0.0271. The van der Waals surface area contributed by atoms with Crippen molar-refractivity contribution in [2.75, 3.05) is 0 Å². The predicted octanol–water partition coefficient (Wildman–Crippen LogP) is 2.15. The van der Waals surface area contributed by atoms with E-state index in [2.05, 4.69) is 0 Å². The van der Waals surface area contributed by atoms with Crippen LogP contribution in [0.4, 0.5) is 0 Å². The largest absolute Gasteiger partial charge is 0.332 e. The molecule has 72 valence electrons. The molecular weight excluding hydrogens is 175 g/mol. The lowest BCUT2D eigenvalue weighted by Gasteiger charge is -2.18. The van der Waals surface area contributed by atoms with Gasteiger partial charge in [-0.25, -0.2) is 0 Å². The third-order valence-corrected chi connectivity index (χ3v) is 3.10. The number of allylic oxidation sites excluding steroid dienone is 2. The van der Waals surface area contributed by atoms with Crippen molar-refractivity contribution in [2.45, 2.75) is 33.4 Å². The van der Waals surface area contributed by atoms with E-state index in [9.17, 15) is 4.57 Å². The SMILES string of the molecule is CC(C)=CC(C(C)C)P(=O)(O)O. The highest BCUT2D eigenvalue weighted by molar-refractivity contribution is 7.52. The fraction of sp³-hybridized carbons (Fsp3) is 0.750. The second-order valence-corrected chi connectivity index (χ2v) is 5.34. The molecular formula is C8H17O3P. The molecule has 0 radical (unpaired) electrons. The van der Waals surface area contributed by atoms with Gasteiger partial charge in [0.2, 0.25) is 0 Å². The molecule has 2 N–H and O–H groups in total. The Balaban J connectivity index is 4.70. The van der Waals surface area contributed by atoms with Crippen LogP contribution in [0.25, 0.3) is 0 Å². The lowest BCUT2D eigenvalue weighted by molar-refractivity contribution is 0.353. The van der Waals surface area contributed by atoms with Crippen LogP contribution in [0, 0.1) is 5.92 Å². The van der Waals surface area contributed by atoms with Gasteiger partial charge in [0.05, 0.1) is 5.66 Å². The van der Waals surface area contributed by atoms with Crippen molar-refractivity contribution in [1.29, 1.82) is 0 Å². The molecule has 0 rings (SSSR count). The molecule has 0 saturated heterocycles. The molecule has 1 atom stereocenters. The van der Waals surface area contributed by atoms with E-state index in [1.807, 2.05) is 27.7 Å². The third kappa shape index (κ3) is 4.05. The number of hydrogen-bond donors (Lipinski definition) is 2. The van der Waals surface area contributed by atoms with E-state index >= 15 is 0 Å². The van der Waals surface area contributed by atoms with E-state index in [0.717, 1.165) is 5.57 Å². The van der Waals surface area contributed by atoms with Crippen LogP contribution >= 0.6 is 7.60 Å². The van der Waals surface area contributed by atoms with Gasteiger partial charge < -0.3 is 9.79 Å². The van der Waals surface area contributed by atoms with Crippen LogP contribution in [0.1, 0.15) is 27.7 Å². The summed E-state index contributed by atoms with van der Waals surface area (Å²) in [5, 5.41) is 0. The van der Waals surface area contributed by atoms with Crippen molar-refractivity contribution in [1.82, 2.24) is 0 Å². The van der Waals surface area contributed by atoms with Crippen LogP contribution in [0.3, 0.4) is 0 Å². The molecule has 0 bridgehead atoms. The van der Waals surface area contributed by atoms with Crippen molar-refractivity contribution in [2.24, 2.45) is 5.92 Å². The van der Waals surface area contributed by atoms with Gasteiger partial charge in [0.25, 0.3) is 0 Å². The van der Waals surface area contributed by atoms with Crippen molar-refractivity contribution in [3.05, 3.63) is 11.6 Å². The molecule has 0 aliphatic heterocycles. The Bertz CT molecular complexity index is 210. The summed E-state index contributed by atoms with van der Waals surface area (Å²) >= 11 is 0. The van der Waals surface area contributed by atoms with Crippen molar-refractivity contribution in [3.8, 4) is 0 Å². The fourth-order valence-corrected chi connectivity index (χ4v) is 2.29. The lowest BCUT2D eigenvalue weighted by atomic mass is 10.1. The van der Waals surface area contributed by atoms with E-state index in [4.69, 9.17) is 9.79 Å². The maximum Gasteiger partial charge on any atom is 0.332 e. The molecule has 0 aromatic heterocycles. The second kappa shape index (κ2) is 4.22. The first-order valence-electron chi connectivity index (χ1n) is 3.95. The zero-order chi connectivity index (χ0) is 9.94. The Morgan fingerprint density at radius 3 is 1.83 bits per heavy atom. The highest BCUT2D eigenvalue weighted by atomic mass is 31.2. The van der Waals surface area contributed by atoms with Gasteiger partial charge in [0.15, 0.2) is 0 Å². The molecule has 3 nitrogen and oxygen atoms in total. The Morgan fingerprint density at radius 2 is 1.75 bits per heavy atom. The predicted molar refractivity (Wildman–Crippen MR) is 50.1 cm³/mol. The second-order valence-electron chi connectivity index (χ2n) is 3.57. The number of rotatable bonds is 3. The summed E-state index contributed by atoms with van der Waals surface area (Å²) in [5.74, 6) is -0.0271. The maximum absolute atomic E-state index is 11.0. The van der Waals surface area contributed by atoms with E-state index < -0.39 is 13.3 Å². The Morgan fingerprint density at radius 1 is 1.33 bits per heavy atom. The molecule has 12 heavy (non-hydrogen) atoms. The van der Waals surface area contributed by atoms with E-state index in [1.54, 1.807) is 6.08 Å². The Labute approximate surface area is 73.7 Å². The molecule has 0 aliphatic rings. The average Bonchev–Trinajstić information content (AvgIpc) is 1.79. The third-order valence-electron chi connectivity index (χ3n) is 1.58. The smallest absolute Gasteiger partial charge is 0.324 e. The molecule has 0 fully saturated rings. The summed E-state index contributed by atoms with van der Waals surface area (Å²) in [4.78, 5) is 17.9. The van der Waals surface area contributed by atoms with Gasteiger partial charge in [-0.3, -0.25) is 4.57 Å². The summed E-state index contributed by atoms with van der Waals surface area (Å²) < 4.78 is 11.0. The van der Waals surface area contributed by atoms with Crippen LogP contribution in [0.2, 0.25) is 0 Å². The van der Waals surface area contributed by atoms with Crippen LogP contribution in [-0.2, 0) is 4.57 Å². The van der Waals surface area contributed by atoms with E-state index in [1.165, 1.54) is 0 Å².